The van der Waals surface area contributed by atoms with Crippen molar-refractivity contribution < 1.29 is 13.2 Å². The third-order valence-corrected chi connectivity index (χ3v) is 10.5. The number of hydrogen-bond donors (Lipinski definition) is 0. The molecule has 6 unspecified atom stereocenters. The lowest BCUT2D eigenvalue weighted by Gasteiger charge is -2.57. The highest BCUT2D eigenvalue weighted by Gasteiger charge is 2.72. The van der Waals surface area contributed by atoms with Gasteiger partial charge in [0.2, 0.25) is 0 Å². The molecule has 0 spiro atoms. The quantitative estimate of drug-likeness (QED) is 0.469. The summed E-state index contributed by atoms with van der Waals surface area (Å²) < 4.78 is 38.9. The predicted molar refractivity (Wildman–Crippen MR) is 102 cm³/mol. The van der Waals surface area contributed by atoms with Crippen LogP contribution in [0.2, 0.25) is 0 Å². The summed E-state index contributed by atoms with van der Waals surface area (Å²) in [6.07, 6.45) is 5.41. The van der Waals surface area contributed by atoms with Crippen LogP contribution in [0.25, 0.3) is 0 Å². The van der Waals surface area contributed by atoms with Gasteiger partial charge in [-0.25, -0.2) is 0 Å². The molecule has 154 valence electrons. The number of hydrogen-bond acceptors (Lipinski definition) is 0. The minimum atomic E-state index is -3.99. The SMILES string of the molecule is CC1CC[C@@H]2C3CC[C@]4(C)C(CCC(F)(F)F)C5C(C4[C@@H]3CC[C@@H]2C1)[C@@H]5C. The fourth-order valence-electron chi connectivity index (χ4n) is 9.53. The van der Waals surface area contributed by atoms with Crippen LogP contribution in [0, 0.1) is 64.6 Å². The maximum absolute atomic E-state index is 13.0. The van der Waals surface area contributed by atoms with Crippen molar-refractivity contribution in [3.8, 4) is 0 Å². The molecule has 5 aliphatic carbocycles. The minimum Gasteiger partial charge on any atom is -0.171 e. The van der Waals surface area contributed by atoms with Crippen LogP contribution in [0.15, 0.2) is 0 Å². The highest BCUT2D eigenvalue weighted by Crippen LogP contribution is 2.77. The third-order valence-electron chi connectivity index (χ3n) is 10.5. The second kappa shape index (κ2) is 6.14. The van der Waals surface area contributed by atoms with Gasteiger partial charge < -0.3 is 0 Å². The molecule has 5 saturated carbocycles. The average Bonchev–Trinajstić information content (AvgIpc) is 3.12. The summed E-state index contributed by atoms with van der Waals surface area (Å²) in [7, 11) is 0. The van der Waals surface area contributed by atoms with Crippen molar-refractivity contribution in [1.29, 1.82) is 0 Å². The van der Waals surface area contributed by atoms with Crippen molar-refractivity contribution in [2.24, 2.45) is 64.6 Å². The van der Waals surface area contributed by atoms with E-state index in [1.165, 1.54) is 44.9 Å². The second-order valence-electron chi connectivity index (χ2n) is 11.6. The molecule has 0 aromatic rings. The zero-order chi connectivity index (χ0) is 19.1. The Kier molecular flexibility index (Phi) is 4.28. The lowest BCUT2D eigenvalue weighted by Crippen LogP contribution is -2.50. The Morgan fingerprint density at radius 3 is 2.37 bits per heavy atom. The number of rotatable bonds is 2. The number of alkyl halides is 3. The first-order chi connectivity index (χ1) is 12.7. The third kappa shape index (κ3) is 2.83. The zero-order valence-electron chi connectivity index (χ0n) is 17.3. The molecule has 5 fully saturated rings. The Bertz CT molecular complexity index is 583. The first kappa shape index (κ1) is 18.8. The van der Waals surface area contributed by atoms with Crippen LogP contribution in [-0.4, -0.2) is 6.18 Å². The highest BCUT2D eigenvalue weighted by atomic mass is 19.4. The van der Waals surface area contributed by atoms with Crippen LogP contribution in [0.4, 0.5) is 13.2 Å². The lowest BCUT2D eigenvalue weighted by atomic mass is 9.48. The molecule has 5 aliphatic rings. The molecular weight excluding hydrogens is 345 g/mol. The van der Waals surface area contributed by atoms with Crippen molar-refractivity contribution >= 4 is 0 Å². The Hall–Kier alpha value is -0.210. The molecule has 0 amide bonds. The van der Waals surface area contributed by atoms with Gasteiger partial charge in [0.05, 0.1) is 0 Å². The monoisotopic (exact) mass is 382 g/mol. The molecule has 0 radical (unpaired) electrons. The Labute approximate surface area is 163 Å². The van der Waals surface area contributed by atoms with Gasteiger partial charge in [0.25, 0.3) is 0 Å². The summed E-state index contributed by atoms with van der Waals surface area (Å²) in [4.78, 5) is 0. The van der Waals surface area contributed by atoms with Crippen LogP contribution in [-0.2, 0) is 0 Å². The summed E-state index contributed by atoms with van der Waals surface area (Å²) in [5.74, 6) is 7.61. The maximum Gasteiger partial charge on any atom is 0.389 e. The van der Waals surface area contributed by atoms with Crippen LogP contribution in [0.1, 0.15) is 78.6 Å². The summed E-state index contributed by atoms with van der Waals surface area (Å²) in [6.45, 7) is 7.18. The molecule has 0 aromatic heterocycles. The molecule has 0 nitrogen and oxygen atoms in total. The Balaban J connectivity index is 1.38. The smallest absolute Gasteiger partial charge is 0.171 e. The van der Waals surface area contributed by atoms with E-state index in [2.05, 4.69) is 20.8 Å². The van der Waals surface area contributed by atoms with E-state index in [0.29, 0.717) is 24.2 Å². The fraction of sp³-hybridized carbons (Fsp3) is 1.00. The Morgan fingerprint density at radius 1 is 0.889 bits per heavy atom. The molecule has 5 rings (SSSR count). The maximum atomic E-state index is 13.0. The van der Waals surface area contributed by atoms with Crippen molar-refractivity contribution in [3.05, 3.63) is 0 Å². The highest BCUT2D eigenvalue weighted by molar-refractivity contribution is 5.19. The van der Waals surface area contributed by atoms with Gasteiger partial charge in [-0.1, -0.05) is 27.2 Å². The van der Waals surface area contributed by atoms with E-state index in [-0.39, 0.29) is 5.41 Å². The molecule has 0 saturated heterocycles. The van der Waals surface area contributed by atoms with Gasteiger partial charge in [-0.2, -0.15) is 13.2 Å². The van der Waals surface area contributed by atoms with Crippen LogP contribution in [0.5, 0.6) is 0 Å². The standard InChI is InChI=1S/C24H37F3/c1-13-4-6-16-15(12-13)5-7-18-17(16)8-10-23(3)19(9-11-24(25,26)27)20-14(2)21(20)22(18)23/h13-22H,4-12H2,1-3H3/t13?,14-,15-,16+,17?,18-,19?,20?,21?,22?,23-/m1/s1. The topological polar surface area (TPSA) is 0 Å². The first-order valence-corrected chi connectivity index (χ1v) is 11.8. The van der Waals surface area contributed by atoms with Gasteiger partial charge in [-0.05, 0) is 110 Å². The van der Waals surface area contributed by atoms with Crippen molar-refractivity contribution in [1.82, 2.24) is 0 Å². The van der Waals surface area contributed by atoms with E-state index < -0.39 is 12.6 Å². The molecule has 0 aliphatic heterocycles. The van der Waals surface area contributed by atoms with Crippen molar-refractivity contribution in [2.45, 2.75) is 84.7 Å². The number of halogens is 3. The first-order valence-electron chi connectivity index (χ1n) is 11.8. The van der Waals surface area contributed by atoms with Crippen LogP contribution in [0.3, 0.4) is 0 Å². The fourth-order valence-corrected chi connectivity index (χ4v) is 9.53. The van der Waals surface area contributed by atoms with E-state index in [9.17, 15) is 13.2 Å². The van der Waals surface area contributed by atoms with Crippen LogP contribution >= 0.6 is 0 Å². The van der Waals surface area contributed by atoms with Gasteiger partial charge in [-0.15, -0.1) is 0 Å². The molecule has 0 aromatic carbocycles. The summed E-state index contributed by atoms with van der Waals surface area (Å²) in [6, 6.07) is 0. The molecule has 3 heteroatoms. The summed E-state index contributed by atoms with van der Waals surface area (Å²) in [5, 5.41) is 0. The normalized spacial score (nSPS) is 56.7. The molecule has 0 bridgehead atoms. The Morgan fingerprint density at radius 2 is 1.63 bits per heavy atom. The van der Waals surface area contributed by atoms with Crippen LogP contribution < -0.4 is 0 Å². The van der Waals surface area contributed by atoms with Gasteiger partial charge in [0.1, 0.15) is 0 Å². The van der Waals surface area contributed by atoms with Gasteiger partial charge in [0, 0.05) is 6.42 Å². The molecule has 27 heavy (non-hydrogen) atoms. The molecular formula is C24H37F3. The van der Waals surface area contributed by atoms with E-state index >= 15 is 0 Å². The van der Waals surface area contributed by atoms with Crippen molar-refractivity contribution in [2.75, 3.05) is 0 Å². The second-order valence-corrected chi connectivity index (χ2v) is 11.6. The van der Waals surface area contributed by atoms with Gasteiger partial charge in [-0.3, -0.25) is 0 Å². The zero-order valence-corrected chi connectivity index (χ0v) is 17.3. The summed E-state index contributed by atoms with van der Waals surface area (Å²) in [5.41, 5.74) is 0.197. The molecule has 0 heterocycles. The molecule has 11 atom stereocenters. The predicted octanol–water partition coefficient (Wildman–Crippen LogP) is 7.34. The number of fused-ring (bicyclic) bond motifs is 7. The van der Waals surface area contributed by atoms with E-state index in [1.807, 2.05) is 0 Å². The van der Waals surface area contributed by atoms with Gasteiger partial charge in [0.15, 0.2) is 0 Å². The largest absolute Gasteiger partial charge is 0.389 e. The van der Waals surface area contributed by atoms with Crippen molar-refractivity contribution in [3.63, 3.8) is 0 Å². The minimum absolute atomic E-state index is 0.197. The lowest BCUT2D eigenvalue weighted by molar-refractivity contribution is -0.143. The average molecular weight is 383 g/mol. The van der Waals surface area contributed by atoms with E-state index in [1.54, 1.807) is 0 Å². The van der Waals surface area contributed by atoms with E-state index in [0.717, 1.165) is 41.4 Å². The molecule has 0 N–H and O–H groups in total. The van der Waals surface area contributed by atoms with Gasteiger partial charge >= 0.3 is 6.18 Å². The van der Waals surface area contributed by atoms with E-state index in [4.69, 9.17) is 0 Å². The summed E-state index contributed by atoms with van der Waals surface area (Å²) >= 11 is 0.